The maximum Gasteiger partial charge on any atom is 0.406 e. The van der Waals surface area contributed by atoms with E-state index < -0.39 is 24.2 Å². The molecule has 4 aromatic rings. The van der Waals surface area contributed by atoms with Crippen molar-refractivity contribution in [2.24, 2.45) is 0 Å². The average Bonchev–Trinajstić information content (AvgIpc) is 3.51. The van der Waals surface area contributed by atoms with Gasteiger partial charge in [0.15, 0.2) is 0 Å². The number of benzene rings is 1. The number of anilines is 1. The van der Waals surface area contributed by atoms with Crippen molar-refractivity contribution in [1.82, 2.24) is 29.8 Å². The lowest BCUT2D eigenvalue weighted by molar-refractivity contribution is -0.139. The molecule has 10 nitrogen and oxygen atoms in total. The Morgan fingerprint density at radius 3 is 2.77 bits per heavy atom. The number of rotatable bonds is 8. The number of carbonyl (C=O) groups excluding carboxylic acids is 1. The van der Waals surface area contributed by atoms with Gasteiger partial charge in [-0.3, -0.25) is 9.48 Å². The van der Waals surface area contributed by atoms with Gasteiger partial charge in [-0.25, -0.2) is 0 Å². The van der Waals surface area contributed by atoms with Crippen LogP contribution in [0.4, 0.5) is 18.9 Å². The van der Waals surface area contributed by atoms with Crippen molar-refractivity contribution in [3.63, 3.8) is 0 Å². The van der Waals surface area contributed by atoms with E-state index in [4.69, 9.17) is 15.0 Å². The number of ether oxygens (including phenoxy) is 1. The van der Waals surface area contributed by atoms with Crippen molar-refractivity contribution >= 4 is 22.5 Å². The van der Waals surface area contributed by atoms with Gasteiger partial charge >= 0.3 is 6.18 Å². The molecular formula is C22H24F3N7O3. The van der Waals surface area contributed by atoms with Crippen LogP contribution in [-0.4, -0.2) is 50.3 Å². The van der Waals surface area contributed by atoms with E-state index in [1.807, 2.05) is 13.8 Å². The number of methoxy groups -OCH3 is 1. The van der Waals surface area contributed by atoms with E-state index in [0.717, 1.165) is 4.57 Å². The number of halogens is 3. The smallest absolute Gasteiger partial charge is 0.398 e. The van der Waals surface area contributed by atoms with Crippen molar-refractivity contribution in [2.45, 2.75) is 38.7 Å². The number of hydrogen-bond acceptors (Lipinski definition) is 7. The molecule has 1 amide bonds. The van der Waals surface area contributed by atoms with E-state index in [2.05, 4.69) is 20.6 Å². The van der Waals surface area contributed by atoms with Gasteiger partial charge in [-0.1, -0.05) is 11.2 Å². The molecule has 0 atom stereocenters. The lowest BCUT2D eigenvalue weighted by Crippen LogP contribution is -2.32. The second-order valence-electron chi connectivity index (χ2n) is 8.62. The van der Waals surface area contributed by atoms with Gasteiger partial charge in [0.1, 0.15) is 6.54 Å². The maximum absolute atomic E-state index is 13.3. The van der Waals surface area contributed by atoms with Crippen molar-refractivity contribution in [3.8, 4) is 11.5 Å². The van der Waals surface area contributed by atoms with Crippen molar-refractivity contribution in [3.05, 3.63) is 48.1 Å². The Hall–Kier alpha value is -3.87. The second kappa shape index (κ2) is 9.06. The largest absolute Gasteiger partial charge is 0.406 e. The first-order valence-corrected chi connectivity index (χ1v) is 10.6. The summed E-state index contributed by atoms with van der Waals surface area (Å²) in [6.07, 6.45) is -1.46. The number of nitrogen functional groups attached to an aromatic ring is 1. The zero-order valence-electron chi connectivity index (χ0n) is 19.3. The van der Waals surface area contributed by atoms with Gasteiger partial charge in [0.05, 0.1) is 41.7 Å². The Balaban J connectivity index is 1.52. The fraction of sp³-hybridized carbons (Fsp3) is 0.364. The molecule has 0 saturated carbocycles. The number of nitrogens with zero attached hydrogens (tertiary/aromatic N) is 5. The SMILES string of the molecule is COCC(C)(C)n1cc(C(=O)NCc2nc(-c3cc4c(N)cccc4n3CC(F)(F)F)no2)cn1. The van der Waals surface area contributed by atoms with Gasteiger partial charge in [0.2, 0.25) is 11.7 Å². The number of hydrogen-bond donors (Lipinski definition) is 2. The van der Waals surface area contributed by atoms with E-state index >= 15 is 0 Å². The molecule has 0 aliphatic carbocycles. The summed E-state index contributed by atoms with van der Waals surface area (Å²) < 4.78 is 52.8. The number of nitrogens with two attached hydrogens (primary N) is 1. The molecule has 35 heavy (non-hydrogen) atoms. The number of fused-ring (bicyclic) bond motifs is 1. The molecular weight excluding hydrogens is 467 g/mol. The van der Waals surface area contributed by atoms with Crippen LogP contribution in [0.1, 0.15) is 30.1 Å². The number of alkyl halides is 3. The highest BCUT2D eigenvalue weighted by Gasteiger charge is 2.31. The lowest BCUT2D eigenvalue weighted by Gasteiger charge is -2.24. The van der Waals surface area contributed by atoms with E-state index in [0.29, 0.717) is 28.8 Å². The Kier molecular flexibility index (Phi) is 6.28. The Morgan fingerprint density at radius 1 is 1.29 bits per heavy atom. The van der Waals surface area contributed by atoms with Gasteiger partial charge in [-0.15, -0.1) is 0 Å². The van der Waals surface area contributed by atoms with Crippen LogP contribution < -0.4 is 11.1 Å². The normalized spacial score (nSPS) is 12.4. The van der Waals surface area contributed by atoms with Crippen LogP contribution in [0.3, 0.4) is 0 Å². The molecule has 3 heterocycles. The van der Waals surface area contributed by atoms with Gasteiger partial charge in [-0.2, -0.15) is 23.3 Å². The van der Waals surface area contributed by atoms with Crippen LogP contribution >= 0.6 is 0 Å². The van der Waals surface area contributed by atoms with Crippen molar-refractivity contribution in [1.29, 1.82) is 0 Å². The third-order valence-electron chi connectivity index (χ3n) is 5.38. The molecule has 3 N–H and O–H groups in total. The minimum Gasteiger partial charge on any atom is -0.398 e. The fourth-order valence-electron chi connectivity index (χ4n) is 3.72. The van der Waals surface area contributed by atoms with Crippen molar-refractivity contribution in [2.75, 3.05) is 19.5 Å². The van der Waals surface area contributed by atoms with E-state index in [-0.39, 0.29) is 24.0 Å². The van der Waals surface area contributed by atoms with Crippen LogP contribution in [0.25, 0.3) is 22.4 Å². The molecule has 186 valence electrons. The third kappa shape index (κ3) is 5.14. The summed E-state index contributed by atoms with van der Waals surface area (Å²) >= 11 is 0. The number of carbonyl (C=O) groups is 1. The minimum absolute atomic E-state index is 0.0252. The van der Waals surface area contributed by atoms with Crippen molar-refractivity contribution < 1.29 is 27.2 Å². The van der Waals surface area contributed by atoms with Crippen LogP contribution in [0.5, 0.6) is 0 Å². The first-order valence-electron chi connectivity index (χ1n) is 10.6. The van der Waals surface area contributed by atoms with Gasteiger partial charge in [-0.05, 0) is 32.0 Å². The molecule has 4 rings (SSSR count). The predicted octanol–water partition coefficient (Wildman–Crippen LogP) is 3.34. The second-order valence-corrected chi connectivity index (χ2v) is 8.62. The number of nitrogens with one attached hydrogen (secondary N) is 1. The van der Waals surface area contributed by atoms with Gasteiger partial charge in [0, 0.05) is 24.4 Å². The van der Waals surface area contributed by atoms with Crippen LogP contribution in [0.2, 0.25) is 0 Å². The molecule has 0 aliphatic rings. The molecule has 0 fully saturated rings. The summed E-state index contributed by atoms with van der Waals surface area (Å²) in [5.74, 6) is -0.455. The summed E-state index contributed by atoms with van der Waals surface area (Å²) in [6.45, 7) is 2.85. The van der Waals surface area contributed by atoms with E-state index in [1.165, 1.54) is 18.3 Å². The fourth-order valence-corrected chi connectivity index (χ4v) is 3.72. The van der Waals surface area contributed by atoms with Gasteiger partial charge in [0.25, 0.3) is 5.91 Å². The number of amides is 1. The molecule has 0 aliphatic heterocycles. The highest BCUT2D eigenvalue weighted by atomic mass is 19.4. The summed E-state index contributed by atoms with van der Waals surface area (Å²) in [4.78, 5) is 16.7. The molecule has 0 spiro atoms. The quantitative estimate of drug-likeness (QED) is 0.362. The Bertz CT molecular complexity index is 1350. The van der Waals surface area contributed by atoms with Crippen LogP contribution in [0, 0.1) is 0 Å². The van der Waals surface area contributed by atoms with Crippen LogP contribution in [0.15, 0.2) is 41.2 Å². The first kappa shape index (κ1) is 24.3. The maximum atomic E-state index is 13.3. The lowest BCUT2D eigenvalue weighted by atomic mass is 10.1. The minimum atomic E-state index is -4.48. The van der Waals surface area contributed by atoms with E-state index in [9.17, 15) is 18.0 Å². The van der Waals surface area contributed by atoms with Crippen LogP contribution in [-0.2, 0) is 23.4 Å². The summed E-state index contributed by atoms with van der Waals surface area (Å²) in [5, 5.41) is 11.1. The van der Waals surface area contributed by atoms with Gasteiger partial charge < -0.3 is 24.9 Å². The molecule has 0 saturated heterocycles. The Labute approximate surface area is 197 Å². The molecule has 0 radical (unpaired) electrons. The summed E-state index contributed by atoms with van der Waals surface area (Å²) in [5.41, 5.74) is 6.53. The Morgan fingerprint density at radius 2 is 2.06 bits per heavy atom. The molecule has 0 bridgehead atoms. The topological polar surface area (TPSA) is 126 Å². The molecule has 1 aromatic carbocycles. The molecule has 13 heteroatoms. The summed E-state index contributed by atoms with van der Waals surface area (Å²) in [6, 6.07) is 6.19. The molecule has 3 aromatic heterocycles. The van der Waals surface area contributed by atoms with E-state index in [1.54, 1.807) is 30.1 Å². The molecule has 0 unspecified atom stereocenters. The zero-order chi connectivity index (χ0) is 25.4. The summed E-state index contributed by atoms with van der Waals surface area (Å²) in [7, 11) is 1.58. The zero-order valence-corrected chi connectivity index (χ0v) is 19.3. The third-order valence-corrected chi connectivity index (χ3v) is 5.38. The highest BCUT2D eigenvalue weighted by Crippen LogP contribution is 2.33. The predicted molar refractivity (Wildman–Crippen MR) is 120 cm³/mol. The standard InChI is InChI=1S/C22H24F3N7O3/c1-21(2,12-34-3)32-10-13(8-28-32)20(33)27-9-18-29-19(30-35-18)17-7-14-15(26)5-4-6-16(14)31(17)11-22(23,24)25/h4-8,10H,9,11-12,26H2,1-3H3,(H,27,33). The highest BCUT2D eigenvalue weighted by molar-refractivity contribution is 5.95. The average molecular weight is 491 g/mol. The monoisotopic (exact) mass is 491 g/mol. The first-order chi connectivity index (χ1) is 16.5. The number of aromatic nitrogens is 5.